The highest BCUT2D eigenvalue weighted by molar-refractivity contribution is 7.89. The summed E-state index contributed by atoms with van der Waals surface area (Å²) in [5, 5.41) is 0.101. The van der Waals surface area contributed by atoms with Gasteiger partial charge in [0.2, 0.25) is 0 Å². The molecule has 0 unspecified atom stereocenters. The molecule has 0 spiro atoms. The molecule has 2 rings (SSSR count). The maximum absolute atomic E-state index is 12.5. The number of aryl methyl sites for hydroxylation is 1. The van der Waals surface area contributed by atoms with Gasteiger partial charge in [-0.05, 0) is 18.8 Å². The van der Waals surface area contributed by atoms with Crippen molar-refractivity contribution in [3.05, 3.63) is 6.33 Å². The monoisotopic (exact) mass is 272 g/mol. The fraction of sp³-hybridized carbons (Fsp3) is 0.727. The van der Waals surface area contributed by atoms with Gasteiger partial charge in [-0.1, -0.05) is 13.3 Å². The lowest BCUT2D eigenvalue weighted by Gasteiger charge is -2.31. The second kappa shape index (κ2) is 4.89. The SMILES string of the molecule is CCN(CC1CCC1)S(=O)(=O)c1c(N)ncn1C. The van der Waals surface area contributed by atoms with Gasteiger partial charge in [0.1, 0.15) is 0 Å². The zero-order valence-electron chi connectivity index (χ0n) is 10.8. The number of nitrogens with zero attached hydrogens (tertiary/aromatic N) is 3. The number of imidazole rings is 1. The van der Waals surface area contributed by atoms with Crippen LogP contribution in [0.1, 0.15) is 26.2 Å². The minimum atomic E-state index is -3.53. The molecule has 0 amide bonds. The van der Waals surface area contributed by atoms with Gasteiger partial charge >= 0.3 is 0 Å². The lowest BCUT2D eigenvalue weighted by atomic mass is 9.85. The Morgan fingerprint density at radius 3 is 2.61 bits per heavy atom. The summed E-state index contributed by atoms with van der Waals surface area (Å²) in [6.07, 6.45) is 4.87. The molecule has 1 heterocycles. The molecule has 0 aliphatic heterocycles. The molecule has 0 aromatic carbocycles. The van der Waals surface area contributed by atoms with Gasteiger partial charge in [-0.25, -0.2) is 13.4 Å². The Balaban J connectivity index is 2.27. The van der Waals surface area contributed by atoms with E-state index in [4.69, 9.17) is 5.73 Å². The molecule has 102 valence electrons. The summed E-state index contributed by atoms with van der Waals surface area (Å²) in [5.41, 5.74) is 5.66. The van der Waals surface area contributed by atoms with Crippen LogP contribution in [0.4, 0.5) is 5.82 Å². The van der Waals surface area contributed by atoms with E-state index in [1.54, 1.807) is 7.05 Å². The summed E-state index contributed by atoms with van der Waals surface area (Å²) in [5.74, 6) is 0.568. The van der Waals surface area contributed by atoms with Gasteiger partial charge in [0.05, 0.1) is 6.33 Å². The number of nitrogens with two attached hydrogens (primary N) is 1. The van der Waals surface area contributed by atoms with E-state index in [9.17, 15) is 8.42 Å². The van der Waals surface area contributed by atoms with Gasteiger partial charge in [0.15, 0.2) is 10.8 Å². The number of nitrogen functional groups attached to an aromatic ring is 1. The van der Waals surface area contributed by atoms with E-state index in [0.717, 1.165) is 12.8 Å². The molecule has 0 bridgehead atoms. The van der Waals surface area contributed by atoms with Gasteiger partial charge in [-0.15, -0.1) is 0 Å². The molecule has 2 N–H and O–H groups in total. The third-order valence-corrected chi connectivity index (χ3v) is 5.61. The average Bonchev–Trinajstić information content (AvgIpc) is 2.57. The van der Waals surface area contributed by atoms with Crippen LogP contribution in [-0.2, 0) is 17.1 Å². The maximum atomic E-state index is 12.5. The molecule has 6 nitrogen and oxygen atoms in total. The molecule has 1 aliphatic rings. The molecule has 1 saturated carbocycles. The summed E-state index contributed by atoms with van der Waals surface area (Å²) in [6, 6.07) is 0. The highest BCUT2D eigenvalue weighted by Gasteiger charge is 2.32. The Hall–Kier alpha value is -1.08. The normalized spacial score (nSPS) is 17.1. The van der Waals surface area contributed by atoms with Gasteiger partial charge in [-0.2, -0.15) is 4.31 Å². The molecule has 1 aromatic heterocycles. The van der Waals surface area contributed by atoms with Crippen molar-refractivity contribution >= 4 is 15.8 Å². The fourth-order valence-electron chi connectivity index (χ4n) is 2.23. The van der Waals surface area contributed by atoms with Crippen LogP contribution >= 0.6 is 0 Å². The van der Waals surface area contributed by atoms with Crippen molar-refractivity contribution < 1.29 is 8.42 Å². The molecule has 0 saturated heterocycles. The molecule has 0 atom stereocenters. The van der Waals surface area contributed by atoms with E-state index in [-0.39, 0.29) is 10.8 Å². The van der Waals surface area contributed by atoms with Crippen molar-refractivity contribution in [1.29, 1.82) is 0 Å². The molecule has 7 heteroatoms. The largest absolute Gasteiger partial charge is 0.381 e. The van der Waals surface area contributed by atoms with Gasteiger partial charge in [-0.3, -0.25) is 0 Å². The number of rotatable bonds is 5. The quantitative estimate of drug-likeness (QED) is 0.860. The molecule has 1 fully saturated rings. The van der Waals surface area contributed by atoms with E-state index >= 15 is 0 Å². The fourth-order valence-corrected chi connectivity index (χ4v) is 3.95. The van der Waals surface area contributed by atoms with Crippen molar-refractivity contribution in [2.45, 2.75) is 31.2 Å². The number of hydrogen-bond acceptors (Lipinski definition) is 4. The number of aromatic nitrogens is 2. The Morgan fingerprint density at radius 2 is 2.22 bits per heavy atom. The first-order valence-electron chi connectivity index (χ1n) is 6.23. The topological polar surface area (TPSA) is 81.2 Å². The van der Waals surface area contributed by atoms with Crippen LogP contribution in [0.5, 0.6) is 0 Å². The van der Waals surface area contributed by atoms with Gasteiger partial charge in [0, 0.05) is 20.1 Å². The van der Waals surface area contributed by atoms with E-state index < -0.39 is 10.0 Å². The number of anilines is 1. The zero-order valence-corrected chi connectivity index (χ0v) is 11.7. The van der Waals surface area contributed by atoms with Crippen LogP contribution in [0.3, 0.4) is 0 Å². The first kappa shape index (κ1) is 13.4. The maximum Gasteiger partial charge on any atom is 0.262 e. The third-order valence-electron chi connectivity index (χ3n) is 3.53. The summed E-state index contributed by atoms with van der Waals surface area (Å²) in [7, 11) is -1.89. The van der Waals surface area contributed by atoms with E-state index in [1.165, 1.54) is 21.6 Å². The summed E-state index contributed by atoms with van der Waals surface area (Å²) in [4.78, 5) is 3.85. The van der Waals surface area contributed by atoms with E-state index in [1.807, 2.05) is 6.92 Å². The summed E-state index contributed by atoms with van der Waals surface area (Å²) in [6.45, 7) is 2.90. The van der Waals surface area contributed by atoms with Crippen LogP contribution in [-0.4, -0.2) is 35.4 Å². The van der Waals surface area contributed by atoms with E-state index in [2.05, 4.69) is 4.98 Å². The van der Waals surface area contributed by atoms with Crippen LogP contribution < -0.4 is 5.73 Å². The smallest absolute Gasteiger partial charge is 0.262 e. The Morgan fingerprint density at radius 1 is 1.56 bits per heavy atom. The highest BCUT2D eigenvalue weighted by atomic mass is 32.2. The van der Waals surface area contributed by atoms with Crippen molar-refractivity contribution in [3.8, 4) is 0 Å². The van der Waals surface area contributed by atoms with Crippen LogP contribution in [0, 0.1) is 5.92 Å². The highest BCUT2D eigenvalue weighted by Crippen LogP contribution is 2.29. The molecule has 1 aromatic rings. The predicted octanol–water partition coefficient (Wildman–Crippen LogP) is 0.813. The van der Waals surface area contributed by atoms with Crippen molar-refractivity contribution in [2.24, 2.45) is 13.0 Å². The standard InChI is InChI=1S/C11H20N4O2S/c1-3-15(7-9-5-4-6-9)18(16,17)11-10(12)13-8-14(11)2/h8-9H,3-7,12H2,1-2H3. The summed E-state index contributed by atoms with van der Waals surface area (Å²) >= 11 is 0. The third kappa shape index (κ3) is 2.24. The minimum absolute atomic E-state index is 0.0737. The van der Waals surface area contributed by atoms with Crippen molar-refractivity contribution in [2.75, 3.05) is 18.8 Å². The summed E-state index contributed by atoms with van der Waals surface area (Å²) < 4.78 is 28.0. The second-order valence-corrected chi connectivity index (χ2v) is 6.65. The second-order valence-electron chi connectivity index (χ2n) is 4.80. The molecule has 1 aliphatic carbocycles. The van der Waals surface area contributed by atoms with E-state index in [0.29, 0.717) is 19.0 Å². The molecule has 0 radical (unpaired) electrons. The van der Waals surface area contributed by atoms with Gasteiger partial charge < -0.3 is 10.3 Å². The first-order chi connectivity index (χ1) is 8.46. The first-order valence-corrected chi connectivity index (χ1v) is 7.67. The number of hydrogen-bond donors (Lipinski definition) is 1. The lowest BCUT2D eigenvalue weighted by molar-refractivity contribution is 0.249. The van der Waals surface area contributed by atoms with Crippen molar-refractivity contribution in [1.82, 2.24) is 13.9 Å². The van der Waals surface area contributed by atoms with Gasteiger partial charge in [0.25, 0.3) is 10.0 Å². The lowest BCUT2D eigenvalue weighted by Crippen LogP contribution is -2.38. The Labute approximate surface area is 108 Å². The van der Waals surface area contributed by atoms with Crippen LogP contribution in [0.2, 0.25) is 0 Å². The molecule has 18 heavy (non-hydrogen) atoms. The molecular formula is C11H20N4O2S. The average molecular weight is 272 g/mol. The minimum Gasteiger partial charge on any atom is -0.381 e. The Bertz CT molecular complexity index is 500. The predicted molar refractivity (Wildman–Crippen MR) is 69.4 cm³/mol. The van der Waals surface area contributed by atoms with Crippen molar-refractivity contribution in [3.63, 3.8) is 0 Å². The Kier molecular flexibility index (Phi) is 3.63. The van der Waals surface area contributed by atoms with Crippen LogP contribution in [0.25, 0.3) is 0 Å². The number of sulfonamides is 1. The molecular weight excluding hydrogens is 252 g/mol. The van der Waals surface area contributed by atoms with Crippen LogP contribution in [0.15, 0.2) is 11.4 Å². The zero-order chi connectivity index (χ0) is 13.3.